The lowest BCUT2D eigenvalue weighted by Gasteiger charge is -2.21. The highest BCUT2D eigenvalue weighted by Gasteiger charge is 2.24. The van der Waals surface area contributed by atoms with Gasteiger partial charge in [0, 0.05) is 18.5 Å². The van der Waals surface area contributed by atoms with E-state index in [-0.39, 0.29) is 5.91 Å². The largest absolute Gasteiger partial charge is 0.480 e. The third-order valence-corrected chi connectivity index (χ3v) is 3.82. The van der Waals surface area contributed by atoms with E-state index in [4.69, 9.17) is 4.74 Å². The van der Waals surface area contributed by atoms with E-state index < -0.39 is 6.10 Å². The molecule has 0 aromatic heterocycles. The quantitative estimate of drug-likeness (QED) is 0.856. The Labute approximate surface area is 119 Å². The van der Waals surface area contributed by atoms with Gasteiger partial charge in [-0.05, 0) is 31.2 Å². The zero-order valence-electron chi connectivity index (χ0n) is 11.7. The molecule has 104 valence electrons. The molecule has 3 heteroatoms. The lowest BCUT2D eigenvalue weighted by atomic mass is 10.1. The lowest BCUT2D eigenvalue weighted by molar-refractivity contribution is -0.136. The minimum atomic E-state index is -0.432. The second kappa shape index (κ2) is 5.53. The van der Waals surface area contributed by atoms with Crippen LogP contribution < -0.4 is 4.74 Å². The summed E-state index contributed by atoms with van der Waals surface area (Å²) in [6.45, 7) is 3.56. The number of rotatable bonds is 3. The van der Waals surface area contributed by atoms with Gasteiger partial charge in [0.05, 0.1) is 0 Å². The number of hydrogen-bond donors (Lipinski definition) is 0. The molecule has 1 heterocycles. The number of benzene rings is 2. The summed E-state index contributed by atoms with van der Waals surface area (Å²) in [7, 11) is 0. The lowest BCUT2D eigenvalue weighted by Crippen LogP contribution is -2.38. The van der Waals surface area contributed by atoms with Crippen LogP contribution in [-0.4, -0.2) is 30.0 Å². The molecule has 0 spiro atoms. The predicted molar refractivity (Wildman–Crippen MR) is 79.9 cm³/mol. The van der Waals surface area contributed by atoms with E-state index in [1.54, 1.807) is 0 Å². The summed E-state index contributed by atoms with van der Waals surface area (Å²) >= 11 is 0. The first kappa shape index (κ1) is 13.0. The number of carbonyl (C=O) groups excluding carboxylic acids is 1. The minimum Gasteiger partial charge on any atom is -0.480 e. The van der Waals surface area contributed by atoms with Gasteiger partial charge < -0.3 is 9.64 Å². The normalized spacial score (nSPS) is 16.4. The summed E-state index contributed by atoms with van der Waals surface area (Å²) in [6.07, 6.45) is 1.78. The summed E-state index contributed by atoms with van der Waals surface area (Å²) in [5, 5.41) is 2.18. The van der Waals surface area contributed by atoms with Gasteiger partial charge in [0.25, 0.3) is 5.91 Å². The van der Waals surface area contributed by atoms with Crippen LogP contribution in [0.3, 0.4) is 0 Å². The molecule has 20 heavy (non-hydrogen) atoms. The fraction of sp³-hybridized carbons (Fsp3) is 0.353. The van der Waals surface area contributed by atoms with Crippen molar-refractivity contribution in [1.82, 2.24) is 4.90 Å². The fourth-order valence-corrected chi connectivity index (χ4v) is 2.73. The smallest absolute Gasteiger partial charge is 0.263 e. The van der Waals surface area contributed by atoms with Crippen LogP contribution in [0.4, 0.5) is 0 Å². The number of ether oxygens (including phenoxy) is 1. The molecule has 1 amide bonds. The van der Waals surface area contributed by atoms with Crippen LogP contribution in [0.15, 0.2) is 42.5 Å². The van der Waals surface area contributed by atoms with Gasteiger partial charge in [-0.25, -0.2) is 0 Å². The first-order valence-electron chi connectivity index (χ1n) is 7.19. The van der Waals surface area contributed by atoms with Crippen molar-refractivity contribution in [3.8, 4) is 5.75 Å². The predicted octanol–water partition coefficient (Wildman–Crippen LogP) is 3.23. The standard InChI is InChI=1S/C17H19NO2/c1-13(17(19)18-11-4-5-12-18)20-16-10-6-8-14-7-2-3-9-15(14)16/h2-3,6-10,13H,4-5,11-12H2,1H3/t13-/m1/s1. The monoisotopic (exact) mass is 269 g/mol. The van der Waals surface area contributed by atoms with Gasteiger partial charge in [-0.2, -0.15) is 0 Å². The van der Waals surface area contributed by atoms with Crippen molar-refractivity contribution in [2.75, 3.05) is 13.1 Å². The van der Waals surface area contributed by atoms with Gasteiger partial charge in [-0.1, -0.05) is 36.4 Å². The van der Waals surface area contributed by atoms with Crippen molar-refractivity contribution in [1.29, 1.82) is 0 Å². The van der Waals surface area contributed by atoms with Crippen molar-refractivity contribution >= 4 is 16.7 Å². The van der Waals surface area contributed by atoms with E-state index in [2.05, 4.69) is 12.1 Å². The molecule has 1 fully saturated rings. The minimum absolute atomic E-state index is 0.0930. The van der Waals surface area contributed by atoms with Crippen LogP contribution in [0, 0.1) is 0 Å². The van der Waals surface area contributed by atoms with Gasteiger partial charge >= 0.3 is 0 Å². The Morgan fingerprint density at radius 3 is 2.60 bits per heavy atom. The maximum atomic E-state index is 12.3. The van der Waals surface area contributed by atoms with Crippen LogP contribution >= 0.6 is 0 Å². The molecular formula is C17H19NO2. The summed E-state index contributed by atoms with van der Waals surface area (Å²) < 4.78 is 5.91. The summed E-state index contributed by atoms with van der Waals surface area (Å²) in [5.41, 5.74) is 0. The number of fused-ring (bicyclic) bond motifs is 1. The molecular weight excluding hydrogens is 250 g/mol. The maximum absolute atomic E-state index is 12.3. The van der Waals surface area contributed by atoms with Gasteiger partial charge in [0.15, 0.2) is 6.10 Å². The van der Waals surface area contributed by atoms with Crippen LogP contribution in [-0.2, 0) is 4.79 Å². The second-order valence-electron chi connectivity index (χ2n) is 5.27. The van der Waals surface area contributed by atoms with E-state index in [0.717, 1.165) is 42.5 Å². The van der Waals surface area contributed by atoms with Crippen molar-refractivity contribution in [2.45, 2.75) is 25.9 Å². The Hall–Kier alpha value is -2.03. The van der Waals surface area contributed by atoms with Gasteiger partial charge in [0.1, 0.15) is 5.75 Å². The van der Waals surface area contributed by atoms with Gasteiger partial charge in [-0.15, -0.1) is 0 Å². The molecule has 0 bridgehead atoms. The zero-order chi connectivity index (χ0) is 13.9. The highest BCUT2D eigenvalue weighted by Crippen LogP contribution is 2.26. The van der Waals surface area contributed by atoms with E-state index in [1.165, 1.54) is 0 Å². The Balaban J connectivity index is 1.80. The van der Waals surface area contributed by atoms with Crippen molar-refractivity contribution in [2.24, 2.45) is 0 Å². The van der Waals surface area contributed by atoms with Crippen molar-refractivity contribution < 1.29 is 9.53 Å². The number of likely N-dealkylation sites (tertiary alicyclic amines) is 1. The SMILES string of the molecule is C[C@@H](Oc1cccc2ccccc12)C(=O)N1CCCC1. The first-order chi connectivity index (χ1) is 9.75. The number of amides is 1. The second-order valence-corrected chi connectivity index (χ2v) is 5.27. The van der Waals surface area contributed by atoms with Crippen molar-refractivity contribution in [3.05, 3.63) is 42.5 Å². The molecule has 1 saturated heterocycles. The topological polar surface area (TPSA) is 29.5 Å². The number of nitrogens with zero attached hydrogens (tertiary/aromatic N) is 1. The molecule has 1 aliphatic rings. The first-order valence-corrected chi connectivity index (χ1v) is 7.19. The van der Waals surface area contributed by atoms with Gasteiger partial charge in [0.2, 0.25) is 0 Å². The van der Waals surface area contributed by atoms with Crippen molar-refractivity contribution in [3.63, 3.8) is 0 Å². The molecule has 0 radical (unpaired) electrons. The fourth-order valence-electron chi connectivity index (χ4n) is 2.73. The Bertz CT molecular complexity index is 612. The molecule has 0 unspecified atom stereocenters. The molecule has 1 atom stereocenters. The van der Waals surface area contributed by atoms with Crippen LogP contribution in [0.2, 0.25) is 0 Å². The maximum Gasteiger partial charge on any atom is 0.263 e. The molecule has 0 saturated carbocycles. The highest BCUT2D eigenvalue weighted by molar-refractivity contribution is 5.89. The molecule has 2 aromatic rings. The van der Waals surface area contributed by atoms with Crippen LogP contribution in [0.1, 0.15) is 19.8 Å². The molecule has 2 aromatic carbocycles. The average molecular weight is 269 g/mol. The molecule has 3 rings (SSSR count). The number of carbonyl (C=O) groups is 1. The Morgan fingerprint density at radius 2 is 1.80 bits per heavy atom. The van der Waals surface area contributed by atoms with Crippen LogP contribution in [0.25, 0.3) is 10.8 Å². The molecule has 0 N–H and O–H groups in total. The molecule has 1 aliphatic heterocycles. The summed E-state index contributed by atoms with van der Waals surface area (Å²) in [4.78, 5) is 14.2. The van der Waals surface area contributed by atoms with Gasteiger partial charge in [-0.3, -0.25) is 4.79 Å². The molecule has 0 aliphatic carbocycles. The third-order valence-electron chi connectivity index (χ3n) is 3.82. The highest BCUT2D eigenvalue weighted by atomic mass is 16.5. The third kappa shape index (κ3) is 2.48. The van der Waals surface area contributed by atoms with E-state index >= 15 is 0 Å². The van der Waals surface area contributed by atoms with E-state index in [1.807, 2.05) is 42.2 Å². The van der Waals surface area contributed by atoms with Crippen LogP contribution in [0.5, 0.6) is 5.75 Å². The molecule has 3 nitrogen and oxygen atoms in total. The Morgan fingerprint density at radius 1 is 1.10 bits per heavy atom. The zero-order valence-corrected chi connectivity index (χ0v) is 11.7. The summed E-state index contributed by atoms with van der Waals surface area (Å²) in [5.74, 6) is 0.874. The number of hydrogen-bond acceptors (Lipinski definition) is 2. The Kier molecular flexibility index (Phi) is 3.59. The van der Waals surface area contributed by atoms with E-state index in [9.17, 15) is 4.79 Å². The average Bonchev–Trinajstić information content (AvgIpc) is 3.01. The van der Waals surface area contributed by atoms with E-state index in [0.29, 0.717) is 0 Å². The summed E-state index contributed by atoms with van der Waals surface area (Å²) in [6, 6.07) is 14.0.